The molecule has 1 unspecified atom stereocenters. The summed E-state index contributed by atoms with van der Waals surface area (Å²) in [6.07, 6.45) is -0.192. The molecule has 1 atom stereocenters. The van der Waals surface area contributed by atoms with Gasteiger partial charge >= 0.3 is 0 Å². The Hall–Kier alpha value is -1.67. The zero-order chi connectivity index (χ0) is 11.1. The van der Waals surface area contributed by atoms with Crippen LogP contribution < -0.4 is 0 Å². The molecule has 1 fully saturated rings. The first-order chi connectivity index (χ1) is 7.74. The lowest BCUT2D eigenvalue weighted by Gasteiger charge is -2.02. The maximum Gasteiger partial charge on any atom is 0.193 e. The molecule has 0 amide bonds. The predicted molar refractivity (Wildman–Crippen MR) is 62.8 cm³/mol. The minimum Gasteiger partial charge on any atom is -0.364 e. The maximum atomic E-state index is 11.8. The number of fused-ring (bicyclic) bond motifs is 1. The molecule has 80 valence electrons. The number of aryl methyl sites for hydroxylation is 1. The number of carbonyl (C=O) groups excluding carboxylic acids is 1. The molecule has 2 heteroatoms. The lowest BCUT2D eigenvalue weighted by Crippen LogP contribution is -2.06. The highest BCUT2D eigenvalue weighted by Crippen LogP contribution is 2.21. The van der Waals surface area contributed by atoms with E-state index in [-0.39, 0.29) is 11.9 Å². The van der Waals surface area contributed by atoms with Crippen LogP contribution in [0.1, 0.15) is 15.9 Å². The van der Waals surface area contributed by atoms with Gasteiger partial charge in [-0.15, -0.1) is 0 Å². The summed E-state index contributed by atoms with van der Waals surface area (Å²) in [5.74, 6) is 0.0995. The monoisotopic (exact) mass is 212 g/mol. The van der Waals surface area contributed by atoms with Gasteiger partial charge in [-0.2, -0.15) is 0 Å². The topological polar surface area (TPSA) is 29.6 Å². The summed E-state index contributed by atoms with van der Waals surface area (Å²) in [7, 11) is 0. The summed E-state index contributed by atoms with van der Waals surface area (Å²) in [5.41, 5.74) is 1.98. The summed E-state index contributed by atoms with van der Waals surface area (Å²) < 4.78 is 5.01. The molecule has 0 saturated carbocycles. The fourth-order valence-electron chi connectivity index (χ4n) is 1.90. The van der Waals surface area contributed by atoms with Crippen molar-refractivity contribution < 1.29 is 9.53 Å². The van der Waals surface area contributed by atoms with Crippen molar-refractivity contribution in [3.05, 3.63) is 47.5 Å². The molecule has 1 heterocycles. The summed E-state index contributed by atoms with van der Waals surface area (Å²) in [5, 5.41) is 2.28. The molecule has 2 aromatic rings. The number of hydrogen-bond acceptors (Lipinski definition) is 2. The lowest BCUT2D eigenvalue weighted by molar-refractivity contribution is 0.0954. The van der Waals surface area contributed by atoms with Gasteiger partial charge in [0.15, 0.2) is 5.78 Å². The Morgan fingerprint density at radius 3 is 2.62 bits per heavy atom. The van der Waals surface area contributed by atoms with Crippen LogP contribution in [0.2, 0.25) is 0 Å². The number of benzene rings is 2. The smallest absolute Gasteiger partial charge is 0.193 e. The van der Waals surface area contributed by atoms with Gasteiger partial charge in [0.2, 0.25) is 0 Å². The fourth-order valence-corrected chi connectivity index (χ4v) is 1.90. The van der Waals surface area contributed by atoms with Crippen molar-refractivity contribution in [3.8, 4) is 0 Å². The van der Waals surface area contributed by atoms with Crippen LogP contribution in [-0.2, 0) is 4.74 Å². The molecule has 0 aliphatic carbocycles. The summed E-state index contributed by atoms with van der Waals surface area (Å²) >= 11 is 0. The van der Waals surface area contributed by atoms with Crippen molar-refractivity contribution in [3.63, 3.8) is 0 Å². The Labute approximate surface area is 93.8 Å². The molecular weight excluding hydrogens is 200 g/mol. The predicted octanol–water partition coefficient (Wildman–Crippen LogP) is 2.73. The van der Waals surface area contributed by atoms with Crippen molar-refractivity contribution in [1.82, 2.24) is 0 Å². The van der Waals surface area contributed by atoms with E-state index in [2.05, 4.69) is 25.1 Å². The standard InChI is InChI=1S/C14H12O2/c1-9-2-3-11-7-12(5-4-10(11)6-9)14(15)13-8-16-13/h2-7,13H,8H2,1H3. The van der Waals surface area contributed by atoms with Gasteiger partial charge in [0, 0.05) is 5.56 Å². The van der Waals surface area contributed by atoms with Gasteiger partial charge in [0.1, 0.15) is 6.10 Å². The highest BCUT2D eigenvalue weighted by molar-refractivity contribution is 6.03. The molecule has 16 heavy (non-hydrogen) atoms. The average Bonchev–Trinajstić information content (AvgIpc) is 3.11. The molecule has 2 aromatic carbocycles. The first-order valence-corrected chi connectivity index (χ1v) is 5.40. The number of ether oxygens (including phenoxy) is 1. The molecule has 1 aliphatic rings. The molecule has 0 bridgehead atoms. The molecular formula is C14H12O2. The Morgan fingerprint density at radius 1 is 1.19 bits per heavy atom. The third-order valence-corrected chi connectivity index (χ3v) is 2.91. The van der Waals surface area contributed by atoms with E-state index in [4.69, 9.17) is 4.74 Å². The highest BCUT2D eigenvalue weighted by Gasteiger charge is 2.31. The van der Waals surface area contributed by atoms with E-state index in [0.717, 1.165) is 10.9 Å². The van der Waals surface area contributed by atoms with E-state index in [1.807, 2.05) is 18.2 Å². The van der Waals surface area contributed by atoms with Crippen molar-refractivity contribution in [2.75, 3.05) is 6.61 Å². The number of rotatable bonds is 2. The van der Waals surface area contributed by atoms with E-state index >= 15 is 0 Å². The van der Waals surface area contributed by atoms with Gasteiger partial charge in [-0.3, -0.25) is 4.79 Å². The SMILES string of the molecule is Cc1ccc2cc(C(=O)C3CO3)ccc2c1. The summed E-state index contributed by atoms with van der Waals surface area (Å²) in [6, 6.07) is 12.1. The fraction of sp³-hybridized carbons (Fsp3) is 0.214. The number of Topliss-reactive ketones (excluding diaryl/α,β-unsaturated/α-hetero) is 1. The van der Waals surface area contributed by atoms with Gasteiger partial charge in [-0.1, -0.05) is 35.9 Å². The van der Waals surface area contributed by atoms with Gasteiger partial charge in [0.05, 0.1) is 6.61 Å². The van der Waals surface area contributed by atoms with E-state index in [1.54, 1.807) is 0 Å². The second-order valence-corrected chi connectivity index (χ2v) is 4.25. The molecule has 0 aromatic heterocycles. The zero-order valence-electron chi connectivity index (χ0n) is 9.07. The molecule has 1 saturated heterocycles. The van der Waals surface area contributed by atoms with Crippen LogP contribution >= 0.6 is 0 Å². The van der Waals surface area contributed by atoms with Crippen LogP contribution in [0.5, 0.6) is 0 Å². The molecule has 2 nitrogen and oxygen atoms in total. The first-order valence-electron chi connectivity index (χ1n) is 5.40. The molecule has 0 spiro atoms. The van der Waals surface area contributed by atoms with Crippen LogP contribution in [-0.4, -0.2) is 18.5 Å². The second kappa shape index (κ2) is 3.42. The molecule has 0 N–H and O–H groups in total. The van der Waals surface area contributed by atoms with E-state index in [1.165, 1.54) is 10.9 Å². The molecule has 0 radical (unpaired) electrons. The van der Waals surface area contributed by atoms with Crippen LogP contribution in [0.15, 0.2) is 36.4 Å². The minimum atomic E-state index is -0.192. The number of carbonyl (C=O) groups is 1. The number of hydrogen-bond donors (Lipinski definition) is 0. The van der Waals surface area contributed by atoms with E-state index in [0.29, 0.717) is 6.61 Å². The Morgan fingerprint density at radius 2 is 1.88 bits per heavy atom. The summed E-state index contributed by atoms with van der Waals surface area (Å²) in [4.78, 5) is 11.8. The van der Waals surface area contributed by atoms with E-state index in [9.17, 15) is 4.79 Å². The van der Waals surface area contributed by atoms with Crippen LogP contribution in [0.4, 0.5) is 0 Å². The van der Waals surface area contributed by atoms with Gasteiger partial charge in [-0.25, -0.2) is 0 Å². The lowest BCUT2D eigenvalue weighted by atomic mass is 10.0. The van der Waals surface area contributed by atoms with Crippen LogP contribution in [0.25, 0.3) is 10.8 Å². The number of epoxide rings is 1. The Kier molecular flexibility index (Phi) is 2.04. The normalized spacial score (nSPS) is 18.7. The van der Waals surface area contributed by atoms with Crippen molar-refractivity contribution in [1.29, 1.82) is 0 Å². The van der Waals surface area contributed by atoms with Crippen molar-refractivity contribution >= 4 is 16.6 Å². The summed E-state index contributed by atoms with van der Waals surface area (Å²) in [6.45, 7) is 2.64. The largest absolute Gasteiger partial charge is 0.364 e. The third-order valence-electron chi connectivity index (χ3n) is 2.91. The van der Waals surface area contributed by atoms with Crippen molar-refractivity contribution in [2.45, 2.75) is 13.0 Å². The van der Waals surface area contributed by atoms with Crippen molar-refractivity contribution in [2.24, 2.45) is 0 Å². The average molecular weight is 212 g/mol. The quantitative estimate of drug-likeness (QED) is 0.566. The van der Waals surface area contributed by atoms with Gasteiger partial charge < -0.3 is 4.74 Å². The van der Waals surface area contributed by atoms with E-state index < -0.39 is 0 Å². The Bertz CT molecular complexity index is 568. The molecule has 3 rings (SSSR count). The van der Waals surface area contributed by atoms with Gasteiger partial charge in [-0.05, 0) is 23.8 Å². The van der Waals surface area contributed by atoms with Gasteiger partial charge in [0.25, 0.3) is 0 Å². The highest BCUT2D eigenvalue weighted by atomic mass is 16.6. The Balaban J connectivity index is 2.08. The maximum absolute atomic E-state index is 11.8. The van der Waals surface area contributed by atoms with Crippen LogP contribution in [0.3, 0.4) is 0 Å². The third kappa shape index (κ3) is 1.61. The minimum absolute atomic E-state index is 0.0995. The zero-order valence-corrected chi connectivity index (χ0v) is 9.07. The van der Waals surface area contributed by atoms with Crippen LogP contribution in [0, 0.1) is 6.92 Å². The second-order valence-electron chi connectivity index (χ2n) is 4.25. The first kappa shape index (κ1) is 9.55. The number of ketones is 1. The molecule has 1 aliphatic heterocycles.